The van der Waals surface area contributed by atoms with E-state index in [0.717, 1.165) is 10.5 Å². The van der Waals surface area contributed by atoms with Crippen LogP contribution >= 0.6 is 11.8 Å². The molecule has 20 heavy (non-hydrogen) atoms. The van der Waals surface area contributed by atoms with E-state index in [4.69, 9.17) is 15.7 Å². The van der Waals surface area contributed by atoms with Crippen molar-refractivity contribution in [2.45, 2.75) is 11.8 Å². The number of nitrogens with two attached hydrogens (primary N) is 1. The predicted octanol–water partition coefficient (Wildman–Crippen LogP) is 3.60. The Bertz CT molecular complexity index is 624. The van der Waals surface area contributed by atoms with Gasteiger partial charge in [-0.1, -0.05) is 28.9 Å². The Morgan fingerprint density at radius 3 is 2.50 bits per heavy atom. The Balaban J connectivity index is 2.43. The van der Waals surface area contributed by atoms with Crippen molar-refractivity contribution in [3.63, 3.8) is 0 Å². The number of rotatable bonds is 4. The number of oxime groups is 1. The number of amidine groups is 1. The first kappa shape index (κ1) is 14.3. The van der Waals surface area contributed by atoms with Crippen LogP contribution in [0.15, 0.2) is 52.5 Å². The summed E-state index contributed by atoms with van der Waals surface area (Å²) in [5, 5.41) is 12.0. The molecule has 0 fully saturated rings. The fourth-order valence-corrected chi connectivity index (χ4v) is 2.43. The fraction of sp³-hybridized carbons (Fsp3) is 0.133. The topological polar surface area (TPSA) is 67.8 Å². The molecule has 0 saturated heterocycles. The maximum absolute atomic E-state index is 8.93. The molecule has 2 aromatic carbocycles. The maximum atomic E-state index is 8.93. The van der Waals surface area contributed by atoms with Crippen molar-refractivity contribution in [1.29, 1.82) is 0 Å². The second-order valence-electron chi connectivity index (χ2n) is 4.23. The van der Waals surface area contributed by atoms with Crippen LogP contribution < -0.4 is 10.5 Å². The molecule has 4 nitrogen and oxygen atoms in total. The van der Waals surface area contributed by atoms with Gasteiger partial charge in [-0.2, -0.15) is 0 Å². The number of hydrogen-bond acceptors (Lipinski definition) is 4. The number of ether oxygens (including phenoxy) is 1. The van der Waals surface area contributed by atoms with Crippen LogP contribution in [0.1, 0.15) is 11.1 Å². The lowest BCUT2D eigenvalue weighted by molar-refractivity contribution is 0.318. The first-order valence-electron chi connectivity index (χ1n) is 6.05. The standard InChI is InChI=1S/C15H16N2O2S/c1-10-6-8-11(9-7-10)19-12-4-3-5-13(20-2)14(12)15(16)17-18/h3-9,18H,1-2H3,(H2,16,17). The Morgan fingerprint density at radius 2 is 1.90 bits per heavy atom. The minimum absolute atomic E-state index is 0.0389. The van der Waals surface area contributed by atoms with Gasteiger partial charge in [0, 0.05) is 4.90 Å². The molecule has 2 aromatic rings. The van der Waals surface area contributed by atoms with Crippen molar-refractivity contribution >= 4 is 17.6 Å². The van der Waals surface area contributed by atoms with Crippen LogP contribution in [0.3, 0.4) is 0 Å². The molecular weight excluding hydrogens is 272 g/mol. The summed E-state index contributed by atoms with van der Waals surface area (Å²) < 4.78 is 5.84. The molecule has 0 aliphatic rings. The minimum atomic E-state index is 0.0389. The fourth-order valence-electron chi connectivity index (χ4n) is 1.80. The van der Waals surface area contributed by atoms with E-state index in [0.29, 0.717) is 17.1 Å². The molecule has 0 heterocycles. The van der Waals surface area contributed by atoms with Gasteiger partial charge in [0.1, 0.15) is 11.5 Å². The first-order chi connectivity index (χ1) is 9.65. The molecule has 0 saturated carbocycles. The van der Waals surface area contributed by atoms with Gasteiger partial charge >= 0.3 is 0 Å². The second kappa shape index (κ2) is 6.34. The average molecular weight is 288 g/mol. The first-order valence-corrected chi connectivity index (χ1v) is 7.27. The smallest absolute Gasteiger partial charge is 0.175 e. The molecule has 0 aliphatic carbocycles. The van der Waals surface area contributed by atoms with Gasteiger partial charge in [0.25, 0.3) is 0 Å². The summed E-state index contributed by atoms with van der Waals surface area (Å²) in [5.74, 6) is 1.31. The highest BCUT2D eigenvalue weighted by Gasteiger charge is 2.14. The highest BCUT2D eigenvalue weighted by atomic mass is 32.2. The molecule has 0 radical (unpaired) electrons. The predicted molar refractivity (Wildman–Crippen MR) is 82.0 cm³/mol. The molecule has 0 amide bonds. The van der Waals surface area contributed by atoms with Crippen molar-refractivity contribution in [3.8, 4) is 11.5 Å². The van der Waals surface area contributed by atoms with E-state index in [1.54, 1.807) is 6.07 Å². The monoisotopic (exact) mass is 288 g/mol. The summed E-state index contributed by atoms with van der Waals surface area (Å²) in [6.45, 7) is 2.01. The van der Waals surface area contributed by atoms with Crippen LogP contribution in [-0.4, -0.2) is 17.3 Å². The summed E-state index contributed by atoms with van der Waals surface area (Å²) in [5.41, 5.74) is 7.52. The van der Waals surface area contributed by atoms with Crippen LogP contribution in [0, 0.1) is 6.92 Å². The third-order valence-corrected chi connectivity index (χ3v) is 3.60. The number of aryl methyl sites for hydroxylation is 1. The molecule has 104 valence electrons. The van der Waals surface area contributed by atoms with Crippen molar-refractivity contribution in [2.75, 3.05) is 6.26 Å². The Kier molecular flexibility index (Phi) is 4.53. The number of thioether (sulfide) groups is 1. The molecule has 2 rings (SSSR count). The van der Waals surface area contributed by atoms with Gasteiger partial charge in [0.2, 0.25) is 0 Å². The zero-order valence-electron chi connectivity index (χ0n) is 11.3. The SMILES string of the molecule is CSc1cccc(Oc2ccc(C)cc2)c1/C(N)=N/O. The highest BCUT2D eigenvalue weighted by molar-refractivity contribution is 7.98. The number of benzene rings is 2. The zero-order valence-corrected chi connectivity index (χ0v) is 12.1. The van der Waals surface area contributed by atoms with E-state index in [-0.39, 0.29) is 5.84 Å². The van der Waals surface area contributed by atoms with Gasteiger partial charge in [-0.3, -0.25) is 0 Å². The Labute approximate surface area is 122 Å². The quantitative estimate of drug-likeness (QED) is 0.296. The molecular formula is C15H16N2O2S. The summed E-state index contributed by atoms with van der Waals surface area (Å²) in [7, 11) is 0. The van der Waals surface area contributed by atoms with Crippen LogP contribution in [-0.2, 0) is 0 Å². The summed E-state index contributed by atoms with van der Waals surface area (Å²) in [6, 6.07) is 13.3. The van der Waals surface area contributed by atoms with E-state index in [1.807, 2.05) is 49.6 Å². The van der Waals surface area contributed by atoms with Crippen molar-refractivity contribution < 1.29 is 9.94 Å². The van der Waals surface area contributed by atoms with Gasteiger partial charge in [-0.25, -0.2) is 0 Å². The molecule has 0 bridgehead atoms. The normalized spacial score (nSPS) is 11.4. The van der Waals surface area contributed by atoms with Gasteiger partial charge in [-0.15, -0.1) is 11.8 Å². The highest BCUT2D eigenvalue weighted by Crippen LogP contribution is 2.32. The lowest BCUT2D eigenvalue weighted by Gasteiger charge is -2.13. The largest absolute Gasteiger partial charge is 0.457 e. The van der Waals surface area contributed by atoms with E-state index in [2.05, 4.69) is 5.16 Å². The van der Waals surface area contributed by atoms with E-state index < -0.39 is 0 Å². The third kappa shape index (κ3) is 3.05. The van der Waals surface area contributed by atoms with E-state index >= 15 is 0 Å². The van der Waals surface area contributed by atoms with Crippen molar-refractivity contribution in [3.05, 3.63) is 53.6 Å². The maximum Gasteiger partial charge on any atom is 0.175 e. The van der Waals surface area contributed by atoms with Crippen molar-refractivity contribution in [1.82, 2.24) is 0 Å². The molecule has 5 heteroatoms. The van der Waals surface area contributed by atoms with Gasteiger partial charge < -0.3 is 15.7 Å². The van der Waals surface area contributed by atoms with Gasteiger partial charge in [0.05, 0.1) is 5.56 Å². The van der Waals surface area contributed by atoms with Crippen LogP contribution in [0.5, 0.6) is 11.5 Å². The van der Waals surface area contributed by atoms with Crippen molar-refractivity contribution in [2.24, 2.45) is 10.9 Å². The molecule has 0 atom stereocenters. The third-order valence-electron chi connectivity index (χ3n) is 2.82. The second-order valence-corrected chi connectivity index (χ2v) is 5.08. The van der Waals surface area contributed by atoms with Crippen LogP contribution in [0.25, 0.3) is 0 Å². The van der Waals surface area contributed by atoms with E-state index in [1.165, 1.54) is 11.8 Å². The molecule has 3 N–H and O–H groups in total. The summed E-state index contributed by atoms with van der Waals surface area (Å²) in [6.07, 6.45) is 1.93. The van der Waals surface area contributed by atoms with E-state index in [9.17, 15) is 0 Å². The van der Waals surface area contributed by atoms with Crippen LogP contribution in [0.2, 0.25) is 0 Å². The minimum Gasteiger partial charge on any atom is -0.457 e. The number of nitrogens with zero attached hydrogens (tertiary/aromatic N) is 1. The zero-order chi connectivity index (χ0) is 14.5. The summed E-state index contributed by atoms with van der Waals surface area (Å²) >= 11 is 1.51. The molecule has 0 aromatic heterocycles. The van der Waals surface area contributed by atoms with Gasteiger partial charge in [0.15, 0.2) is 5.84 Å². The van der Waals surface area contributed by atoms with Gasteiger partial charge in [-0.05, 0) is 37.4 Å². The summed E-state index contributed by atoms with van der Waals surface area (Å²) in [4.78, 5) is 0.893. The molecule has 0 unspecified atom stereocenters. The Hall–Kier alpha value is -2.14. The molecule has 0 aliphatic heterocycles. The number of hydrogen-bond donors (Lipinski definition) is 2. The lowest BCUT2D eigenvalue weighted by Crippen LogP contribution is -2.15. The average Bonchev–Trinajstić information content (AvgIpc) is 2.48. The molecule has 0 spiro atoms. The lowest BCUT2D eigenvalue weighted by atomic mass is 10.2. The van der Waals surface area contributed by atoms with Crippen LogP contribution in [0.4, 0.5) is 0 Å². The Morgan fingerprint density at radius 1 is 1.20 bits per heavy atom.